The lowest BCUT2D eigenvalue weighted by molar-refractivity contribution is 0.0183. The van der Waals surface area contributed by atoms with Gasteiger partial charge in [0, 0.05) is 31.7 Å². The van der Waals surface area contributed by atoms with E-state index in [0.29, 0.717) is 25.9 Å². The summed E-state index contributed by atoms with van der Waals surface area (Å²) < 4.78 is 45.6. The predicted octanol–water partition coefficient (Wildman–Crippen LogP) is 2.99. The smallest absolute Gasteiger partial charge is 0.410 e. The number of nitrogens with zero attached hydrogens (tertiary/aromatic N) is 2. The van der Waals surface area contributed by atoms with Gasteiger partial charge in [0.1, 0.15) is 11.4 Å². The average molecular weight is 386 g/mol. The molecule has 0 spiro atoms. The predicted molar refractivity (Wildman–Crippen MR) is 97.6 cm³/mol. The number of rotatable bonds is 4. The molecule has 0 atom stereocenters. The number of sulfonamides is 1. The summed E-state index contributed by atoms with van der Waals surface area (Å²) in [5.41, 5.74) is -0.404. The minimum absolute atomic E-state index is 0.158. The molecule has 0 aromatic heterocycles. The zero-order valence-electron chi connectivity index (χ0n) is 15.7. The van der Waals surface area contributed by atoms with Crippen molar-refractivity contribution in [2.45, 2.75) is 51.0 Å². The van der Waals surface area contributed by atoms with Crippen LogP contribution in [0.3, 0.4) is 0 Å². The Hall–Kier alpha value is -1.67. The highest BCUT2D eigenvalue weighted by Gasteiger charge is 2.33. The maximum absolute atomic E-state index is 13.8. The van der Waals surface area contributed by atoms with Crippen LogP contribution < -0.4 is 0 Å². The lowest BCUT2D eigenvalue weighted by atomic mass is 10.1. The second kappa shape index (κ2) is 7.92. The van der Waals surface area contributed by atoms with E-state index in [1.807, 2.05) is 0 Å². The van der Waals surface area contributed by atoms with E-state index in [1.54, 1.807) is 31.7 Å². The lowest BCUT2D eigenvalue weighted by Crippen LogP contribution is -2.48. The second-order valence-corrected chi connectivity index (χ2v) is 9.59. The Morgan fingerprint density at radius 1 is 1.27 bits per heavy atom. The molecule has 0 bridgehead atoms. The Kier molecular flexibility index (Phi) is 6.29. The van der Waals surface area contributed by atoms with Crippen molar-refractivity contribution >= 4 is 16.1 Å². The van der Waals surface area contributed by atoms with E-state index >= 15 is 0 Å². The number of carbonyl (C=O) groups excluding carboxylic acids is 1. The Balaban J connectivity index is 1.96. The van der Waals surface area contributed by atoms with Gasteiger partial charge < -0.3 is 9.64 Å². The number of carbonyl (C=O) groups is 1. The number of amides is 1. The summed E-state index contributed by atoms with van der Waals surface area (Å²) >= 11 is 0. The van der Waals surface area contributed by atoms with Crippen molar-refractivity contribution in [2.75, 3.05) is 20.1 Å². The van der Waals surface area contributed by atoms with Crippen molar-refractivity contribution in [1.29, 1.82) is 0 Å². The third-order valence-corrected chi connectivity index (χ3v) is 6.22. The van der Waals surface area contributed by atoms with Gasteiger partial charge in [0.15, 0.2) is 0 Å². The third-order valence-electron chi connectivity index (χ3n) is 4.36. The maximum atomic E-state index is 13.8. The molecule has 1 saturated heterocycles. The molecule has 1 aliphatic heterocycles. The summed E-state index contributed by atoms with van der Waals surface area (Å²) in [6.45, 7) is 6.28. The lowest BCUT2D eigenvalue weighted by Gasteiger charge is -2.36. The third kappa shape index (κ3) is 5.41. The molecule has 6 nitrogen and oxygen atoms in total. The van der Waals surface area contributed by atoms with Gasteiger partial charge in [0.25, 0.3) is 0 Å². The molecule has 0 radical (unpaired) electrons. The van der Waals surface area contributed by atoms with Gasteiger partial charge in [-0.15, -0.1) is 0 Å². The number of ether oxygens (including phenoxy) is 1. The summed E-state index contributed by atoms with van der Waals surface area (Å²) in [4.78, 5) is 13.7. The van der Waals surface area contributed by atoms with E-state index in [0.717, 1.165) is 0 Å². The quantitative estimate of drug-likeness (QED) is 0.798. The molecule has 1 heterocycles. The van der Waals surface area contributed by atoms with Crippen LogP contribution in [0.25, 0.3) is 0 Å². The first-order valence-electron chi connectivity index (χ1n) is 8.66. The fourth-order valence-corrected chi connectivity index (χ4v) is 4.38. The van der Waals surface area contributed by atoms with E-state index in [-0.39, 0.29) is 23.5 Å². The van der Waals surface area contributed by atoms with Crippen LogP contribution in [0, 0.1) is 5.82 Å². The van der Waals surface area contributed by atoms with E-state index in [2.05, 4.69) is 0 Å². The summed E-state index contributed by atoms with van der Waals surface area (Å²) in [5, 5.41) is 0. The van der Waals surface area contributed by atoms with Crippen LogP contribution in [0.5, 0.6) is 0 Å². The van der Waals surface area contributed by atoms with Gasteiger partial charge in [-0.25, -0.2) is 21.9 Å². The number of hydrogen-bond donors (Lipinski definition) is 0. The molecular formula is C18H27FN2O4S. The van der Waals surface area contributed by atoms with Crippen molar-refractivity contribution in [3.8, 4) is 0 Å². The Morgan fingerprint density at radius 3 is 2.38 bits per heavy atom. The van der Waals surface area contributed by atoms with Gasteiger partial charge in [-0.2, -0.15) is 0 Å². The van der Waals surface area contributed by atoms with Crippen molar-refractivity contribution in [3.05, 3.63) is 35.6 Å². The zero-order chi connectivity index (χ0) is 19.5. The molecule has 1 aromatic rings. The molecule has 2 rings (SSSR count). The van der Waals surface area contributed by atoms with Crippen molar-refractivity contribution in [1.82, 2.24) is 9.21 Å². The minimum Gasteiger partial charge on any atom is -0.444 e. The summed E-state index contributed by atoms with van der Waals surface area (Å²) in [6.07, 6.45) is 0.659. The molecular weight excluding hydrogens is 359 g/mol. The highest BCUT2D eigenvalue weighted by atomic mass is 32.2. The van der Waals surface area contributed by atoms with Crippen LogP contribution >= 0.6 is 0 Å². The first-order chi connectivity index (χ1) is 12.0. The SMILES string of the molecule is CN(C1CCN(C(=O)OC(C)(C)C)CC1)S(=O)(=O)Cc1ccccc1F. The molecule has 1 aliphatic rings. The van der Waals surface area contributed by atoms with E-state index in [1.165, 1.54) is 29.6 Å². The van der Waals surface area contributed by atoms with Crippen LogP contribution in [-0.4, -0.2) is 55.5 Å². The number of hydrogen-bond acceptors (Lipinski definition) is 4. The van der Waals surface area contributed by atoms with Crippen molar-refractivity contribution in [3.63, 3.8) is 0 Å². The van der Waals surface area contributed by atoms with E-state index in [9.17, 15) is 17.6 Å². The van der Waals surface area contributed by atoms with E-state index in [4.69, 9.17) is 4.74 Å². The molecule has 0 saturated carbocycles. The highest BCUT2D eigenvalue weighted by molar-refractivity contribution is 7.88. The molecule has 8 heteroatoms. The van der Waals surface area contributed by atoms with Gasteiger partial charge in [0.2, 0.25) is 10.0 Å². The van der Waals surface area contributed by atoms with Gasteiger partial charge in [-0.05, 0) is 39.7 Å². The maximum Gasteiger partial charge on any atom is 0.410 e. The van der Waals surface area contributed by atoms with Crippen LogP contribution in [0.15, 0.2) is 24.3 Å². The number of piperidine rings is 1. The van der Waals surface area contributed by atoms with Gasteiger partial charge >= 0.3 is 6.09 Å². The number of likely N-dealkylation sites (tertiary alicyclic amines) is 1. The highest BCUT2D eigenvalue weighted by Crippen LogP contribution is 2.22. The van der Waals surface area contributed by atoms with Crippen LogP contribution in [0.4, 0.5) is 9.18 Å². The van der Waals surface area contributed by atoms with Crippen LogP contribution in [-0.2, 0) is 20.5 Å². The molecule has 26 heavy (non-hydrogen) atoms. The Labute approximate surface area is 155 Å². The zero-order valence-corrected chi connectivity index (χ0v) is 16.6. The standard InChI is InChI=1S/C18H27FN2O4S/c1-18(2,3)25-17(22)21-11-9-15(10-12-21)20(4)26(23,24)13-14-7-5-6-8-16(14)19/h5-8,15H,9-13H2,1-4H3. The number of benzene rings is 1. The van der Waals surface area contributed by atoms with Gasteiger partial charge in [-0.3, -0.25) is 0 Å². The summed E-state index contributed by atoms with van der Waals surface area (Å²) in [6, 6.07) is 5.66. The average Bonchev–Trinajstić information content (AvgIpc) is 2.55. The molecule has 1 fully saturated rings. The monoisotopic (exact) mass is 386 g/mol. The van der Waals surface area contributed by atoms with Crippen molar-refractivity contribution in [2.24, 2.45) is 0 Å². The molecule has 1 amide bonds. The first kappa shape index (κ1) is 20.6. The first-order valence-corrected chi connectivity index (χ1v) is 10.3. The fraction of sp³-hybridized carbons (Fsp3) is 0.611. The van der Waals surface area contributed by atoms with Crippen LogP contribution in [0.1, 0.15) is 39.2 Å². The minimum atomic E-state index is -3.64. The normalized spacial score (nSPS) is 16.8. The summed E-state index contributed by atoms with van der Waals surface area (Å²) in [5.74, 6) is -0.896. The molecule has 146 valence electrons. The molecule has 0 unspecified atom stereocenters. The Bertz CT molecular complexity index is 738. The van der Waals surface area contributed by atoms with E-state index < -0.39 is 21.4 Å². The molecule has 0 N–H and O–H groups in total. The topological polar surface area (TPSA) is 66.9 Å². The van der Waals surface area contributed by atoms with Crippen molar-refractivity contribution < 1.29 is 22.3 Å². The fourth-order valence-electron chi connectivity index (χ4n) is 2.88. The number of halogens is 1. The Morgan fingerprint density at radius 2 is 1.85 bits per heavy atom. The molecule has 0 aliphatic carbocycles. The van der Waals surface area contributed by atoms with Gasteiger partial charge in [0.05, 0.1) is 5.75 Å². The van der Waals surface area contributed by atoms with Gasteiger partial charge in [-0.1, -0.05) is 18.2 Å². The largest absolute Gasteiger partial charge is 0.444 e. The summed E-state index contributed by atoms with van der Waals surface area (Å²) in [7, 11) is -2.13. The second-order valence-electron chi connectivity index (χ2n) is 7.56. The molecule has 1 aromatic carbocycles. The van der Waals surface area contributed by atoms with Crippen LogP contribution in [0.2, 0.25) is 0 Å².